The number of benzene rings is 2. The topological polar surface area (TPSA) is 55.3 Å². The van der Waals surface area contributed by atoms with Gasteiger partial charge in [-0.25, -0.2) is 0 Å². The normalized spacial score (nSPS) is 11.2. The highest BCUT2D eigenvalue weighted by molar-refractivity contribution is 5.74. The quantitative estimate of drug-likeness (QED) is 0.738. The lowest BCUT2D eigenvalue weighted by Gasteiger charge is -2.24. The molecule has 21 heavy (non-hydrogen) atoms. The van der Waals surface area contributed by atoms with E-state index in [2.05, 4.69) is 23.7 Å². The minimum atomic E-state index is 0.288. The third kappa shape index (κ3) is 2.84. The van der Waals surface area contributed by atoms with Crippen LogP contribution in [0.15, 0.2) is 52.9 Å². The highest BCUT2D eigenvalue weighted by Crippen LogP contribution is 2.24. The number of anilines is 2. The summed E-state index contributed by atoms with van der Waals surface area (Å²) < 4.78 is 5.88. The predicted molar refractivity (Wildman–Crippen MR) is 86.2 cm³/mol. The number of nitrogens with two attached hydrogens (primary N) is 1. The molecule has 0 saturated carbocycles. The highest BCUT2D eigenvalue weighted by atomic mass is 16.4. The van der Waals surface area contributed by atoms with Crippen molar-refractivity contribution in [3.05, 3.63) is 54.1 Å². The molecule has 0 aliphatic carbocycles. The van der Waals surface area contributed by atoms with Gasteiger partial charge in [-0.1, -0.05) is 24.3 Å². The van der Waals surface area contributed by atoms with E-state index in [4.69, 9.17) is 10.2 Å². The van der Waals surface area contributed by atoms with E-state index >= 15 is 0 Å². The van der Waals surface area contributed by atoms with E-state index in [0.29, 0.717) is 6.01 Å². The molecule has 0 spiro atoms. The maximum absolute atomic E-state index is 5.88. The van der Waals surface area contributed by atoms with Gasteiger partial charge in [0.25, 0.3) is 6.01 Å². The molecule has 0 amide bonds. The molecular weight excluding hydrogens is 262 g/mol. The van der Waals surface area contributed by atoms with E-state index in [1.807, 2.05) is 48.5 Å². The van der Waals surface area contributed by atoms with Crippen LogP contribution in [0.5, 0.6) is 0 Å². The average molecular weight is 281 g/mol. The number of hydrogen-bond acceptors (Lipinski definition) is 4. The molecule has 0 fully saturated rings. The third-order valence-electron chi connectivity index (χ3n) is 3.48. The summed E-state index contributed by atoms with van der Waals surface area (Å²) in [7, 11) is 0. The molecular formula is C17H19N3O. The molecule has 1 aromatic heterocycles. The van der Waals surface area contributed by atoms with Gasteiger partial charge in [0, 0.05) is 18.3 Å². The van der Waals surface area contributed by atoms with E-state index in [1.165, 1.54) is 5.56 Å². The Balaban J connectivity index is 1.92. The van der Waals surface area contributed by atoms with Crippen molar-refractivity contribution in [3.63, 3.8) is 0 Å². The standard InChI is InChI=1S/C17H19N3O/c1-12(2)20(11-13-7-9-14(18)10-8-13)17-19-15-5-3-4-6-16(15)21-17/h3-10,12H,11,18H2,1-2H3. The Labute approximate surface area is 124 Å². The van der Waals surface area contributed by atoms with Crippen LogP contribution in [0.2, 0.25) is 0 Å². The molecule has 0 radical (unpaired) electrons. The van der Waals surface area contributed by atoms with Crippen LogP contribution < -0.4 is 10.6 Å². The molecule has 0 atom stereocenters. The lowest BCUT2D eigenvalue weighted by atomic mass is 10.2. The third-order valence-corrected chi connectivity index (χ3v) is 3.48. The molecule has 0 unspecified atom stereocenters. The maximum Gasteiger partial charge on any atom is 0.298 e. The van der Waals surface area contributed by atoms with E-state index < -0.39 is 0 Å². The molecule has 3 aromatic rings. The van der Waals surface area contributed by atoms with Crippen LogP contribution in [0.3, 0.4) is 0 Å². The first-order chi connectivity index (χ1) is 10.1. The van der Waals surface area contributed by atoms with E-state index in [1.54, 1.807) is 0 Å². The summed E-state index contributed by atoms with van der Waals surface area (Å²) in [5.41, 5.74) is 9.39. The summed E-state index contributed by atoms with van der Waals surface area (Å²) in [6.07, 6.45) is 0. The van der Waals surface area contributed by atoms with E-state index in [0.717, 1.165) is 23.3 Å². The molecule has 4 nitrogen and oxygen atoms in total. The number of nitrogen functional groups attached to an aromatic ring is 1. The first-order valence-corrected chi connectivity index (χ1v) is 7.10. The van der Waals surface area contributed by atoms with Gasteiger partial charge in [0.15, 0.2) is 5.58 Å². The minimum absolute atomic E-state index is 0.288. The van der Waals surface area contributed by atoms with E-state index in [9.17, 15) is 0 Å². The van der Waals surface area contributed by atoms with Gasteiger partial charge in [-0.05, 0) is 43.7 Å². The fourth-order valence-corrected chi connectivity index (χ4v) is 2.27. The number of fused-ring (bicyclic) bond motifs is 1. The van der Waals surface area contributed by atoms with Gasteiger partial charge in [-0.2, -0.15) is 4.98 Å². The zero-order chi connectivity index (χ0) is 14.8. The van der Waals surface area contributed by atoms with Gasteiger partial charge < -0.3 is 15.1 Å². The van der Waals surface area contributed by atoms with Crippen LogP contribution >= 0.6 is 0 Å². The van der Waals surface area contributed by atoms with Crippen molar-refractivity contribution in [2.24, 2.45) is 0 Å². The first-order valence-electron chi connectivity index (χ1n) is 7.10. The zero-order valence-electron chi connectivity index (χ0n) is 12.3. The summed E-state index contributed by atoms with van der Waals surface area (Å²) in [6, 6.07) is 16.7. The highest BCUT2D eigenvalue weighted by Gasteiger charge is 2.17. The second-order valence-corrected chi connectivity index (χ2v) is 5.43. The van der Waals surface area contributed by atoms with Crippen molar-refractivity contribution in [3.8, 4) is 0 Å². The van der Waals surface area contributed by atoms with Crippen LogP contribution in [0.25, 0.3) is 11.1 Å². The minimum Gasteiger partial charge on any atom is -0.423 e. The SMILES string of the molecule is CC(C)N(Cc1ccc(N)cc1)c1nc2ccccc2o1. The molecule has 2 N–H and O–H groups in total. The van der Waals surface area contributed by atoms with Crippen molar-refractivity contribution in [2.75, 3.05) is 10.6 Å². The van der Waals surface area contributed by atoms with Crippen molar-refractivity contribution in [1.82, 2.24) is 4.98 Å². The number of oxazole rings is 1. The van der Waals surface area contributed by atoms with Crippen molar-refractivity contribution < 1.29 is 4.42 Å². The lowest BCUT2D eigenvalue weighted by molar-refractivity contribution is 0.536. The Hall–Kier alpha value is -2.49. The second-order valence-electron chi connectivity index (χ2n) is 5.43. The second kappa shape index (κ2) is 5.48. The molecule has 3 rings (SSSR count). The molecule has 4 heteroatoms. The summed E-state index contributed by atoms with van der Waals surface area (Å²) in [5.74, 6) is 0. The van der Waals surface area contributed by atoms with Gasteiger partial charge in [0.05, 0.1) is 0 Å². The largest absolute Gasteiger partial charge is 0.423 e. The molecule has 0 saturated heterocycles. The molecule has 0 aliphatic heterocycles. The maximum atomic E-state index is 5.88. The van der Waals surface area contributed by atoms with E-state index in [-0.39, 0.29) is 6.04 Å². The Morgan fingerprint density at radius 3 is 2.48 bits per heavy atom. The van der Waals surface area contributed by atoms with Crippen LogP contribution in [0, 0.1) is 0 Å². The van der Waals surface area contributed by atoms with Gasteiger partial charge in [0.2, 0.25) is 0 Å². The van der Waals surface area contributed by atoms with Crippen molar-refractivity contribution >= 4 is 22.8 Å². The van der Waals surface area contributed by atoms with Crippen LogP contribution in [-0.4, -0.2) is 11.0 Å². The molecule has 108 valence electrons. The van der Waals surface area contributed by atoms with Crippen LogP contribution in [-0.2, 0) is 6.54 Å². The number of nitrogens with zero attached hydrogens (tertiary/aromatic N) is 2. The molecule has 2 aromatic carbocycles. The average Bonchev–Trinajstić information content (AvgIpc) is 2.89. The fourth-order valence-electron chi connectivity index (χ4n) is 2.27. The van der Waals surface area contributed by atoms with Crippen molar-refractivity contribution in [1.29, 1.82) is 0 Å². The van der Waals surface area contributed by atoms with Gasteiger partial charge >= 0.3 is 0 Å². The summed E-state index contributed by atoms with van der Waals surface area (Å²) >= 11 is 0. The Bertz CT molecular complexity index is 698. The zero-order valence-corrected chi connectivity index (χ0v) is 12.3. The van der Waals surface area contributed by atoms with Gasteiger partial charge in [-0.15, -0.1) is 0 Å². The lowest BCUT2D eigenvalue weighted by Crippen LogP contribution is -2.30. The predicted octanol–water partition coefficient (Wildman–Crippen LogP) is 3.83. The fraction of sp³-hybridized carbons (Fsp3) is 0.235. The summed E-state index contributed by atoms with van der Waals surface area (Å²) in [4.78, 5) is 6.73. The Morgan fingerprint density at radius 1 is 1.10 bits per heavy atom. The first kappa shape index (κ1) is 13.5. The smallest absolute Gasteiger partial charge is 0.298 e. The van der Waals surface area contributed by atoms with Crippen LogP contribution in [0.1, 0.15) is 19.4 Å². The number of aromatic nitrogens is 1. The molecule has 1 heterocycles. The Morgan fingerprint density at radius 2 is 1.81 bits per heavy atom. The van der Waals surface area contributed by atoms with Crippen molar-refractivity contribution in [2.45, 2.75) is 26.4 Å². The molecule has 0 bridgehead atoms. The summed E-state index contributed by atoms with van der Waals surface area (Å²) in [6.45, 7) is 5.00. The monoisotopic (exact) mass is 281 g/mol. The Kier molecular flexibility index (Phi) is 3.52. The summed E-state index contributed by atoms with van der Waals surface area (Å²) in [5, 5.41) is 0. The van der Waals surface area contributed by atoms with Gasteiger partial charge in [-0.3, -0.25) is 0 Å². The number of hydrogen-bond donors (Lipinski definition) is 1. The number of para-hydroxylation sites is 2. The number of rotatable bonds is 4. The van der Waals surface area contributed by atoms with Gasteiger partial charge in [0.1, 0.15) is 5.52 Å². The molecule has 0 aliphatic rings. The van der Waals surface area contributed by atoms with Crippen LogP contribution in [0.4, 0.5) is 11.7 Å².